The Bertz CT molecular complexity index is 753. The first kappa shape index (κ1) is 16.6. The smallest absolute Gasteiger partial charge is 0.242 e. The lowest BCUT2D eigenvalue weighted by Crippen LogP contribution is -2.33. The van der Waals surface area contributed by atoms with E-state index in [9.17, 15) is 13.2 Å². The second-order valence-corrected chi connectivity index (χ2v) is 8.55. The van der Waals surface area contributed by atoms with Gasteiger partial charge in [0, 0.05) is 17.3 Å². The van der Waals surface area contributed by atoms with Gasteiger partial charge in [0.2, 0.25) is 20.1 Å². The lowest BCUT2D eigenvalue weighted by molar-refractivity contribution is -0.115. The molecule has 1 N–H and O–H groups in total. The number of para-hydroxylation sites is 1. The average molecular weight is 338 g/mol. The van der Waals surface area contributed by atoms with Gasteiger partial charge in [-0.25, -0.2) is 13.4 Å². The highest BCUT2D eigenvalue weighted by molar-refractivity contribution is 7.94. The number of sulfone groups is 1. The number of anilines is 1. The van der Waals surface area contributed by atoms with Crippen molar-refractivity contribution in [3.8, 4) is 0 Å². The number of nitrogens with zero attached hydrogens (tertiary/aromatic N) is 1. The molecular weight excluding hydrogens is 320 g/mol. The van der Waals surface area contributed by atoms with Gasteiger partial charge in [0.1, 0.15) is 5.25 Å². The fourth-order valence-corrected chi connectivity index (χ4v) is 4.34. The maximum atomic E-state index is 12.3. The number of rotatable bonds is 5. The topological polar surface area (TPSA) is 76.1 Å². The Labute approximate surface area is 134 Å². The fourth-order valence-electron chi connectivity index (χ4n) is 1.99. The normalized spacial score (nSPS) is 13.1. The van der Waals surface area contributed by atoms with Crippen molar-refractivity contribution in [1.82, 2.24) is 4.98 Å². The van der Waals surface area contributed by atoms with Crippen molar-refractivity contribution in [2.24, 2.45) is 0 Å². The number of hydrogen-bond acceptors (Lipinski definition) is 5. The number of nitrogens with one attached hydrogen (secondary N) is 1. The van der Waals surface area contributed by atoms with Crippen LogP contribution in [0.4, 0.5) is 5.69 Å². The SMILES string of the molecule is CC(C)c1ccccc1NC(=O)[C@H](C)S(=O)(=O)c1nccs1. The van der Waals surface area contributed by atoms with E-state index in [1.54, 1.807) is 11.4 Å². The molecule has 0 spiro atoms. The molecule has 0 radical (unpaired) electrons. The van der Waals surface area contributed by atoms with Gasteiger partial charge in [-0.2, -0.15) is 0 Å². The molecule has 118 valence electrons. The van der Waals surface area contributed by atoms with Gasteiger partial charge < -0.3 is 5.32 Å². The summed E-state index contributed by atoms with van der Waals surface area (Å²) >= 11 is 1.01. The predicted molar refractivity (Wildman–Crippen MR) is 87.9 cm³/mol. The third-order valence-electron chi connectivity index (χ3n) is 3.33. The van der Waals surface area contributed by atoms with Crippen LogP contribution in [0.5, 0.6) is 0 Å². The van der Waals surface area contributed by atoms with Crippen LogP contribution in [0.3, 0.4) is 0 Å². The molecule has 1 aromatic carbocycles. The van der Waals surface area contributed by atoms with E-state index in [0.29, 0.717) is 5.69 Å². The summed E-state index contributed by atoms with van der Waals surface area (Å²) in [6.45, 7) is 5.41. The van der Waals surface area contributed by atoms with Crippen LogP contribution in [0.2, 0.25) is 0 Å². The molecule has 0 saturated heterocycles. The number of aromatic nitrogens is 1. The Balaban J connectivity index is 2.23. The van der Waals surface area contributed by atoms with Gasteiger partial charge in [0.05, 0.1) is 0 Å². The van der Waals surface area contributed by atoms with Crippen LogP contribution in [-0.2, 0) is 14.6 Å². The number of carbonyl (C=O) groups excluding carboxylic acids is 1. The Morgan fingerprint density at radius 2 is 1.91 bits per heavy atom. The molecule has 1 aromatic heterocycles. The van der Waals surface area contributed by atoms with Crippen LogP contribution >= 0.6 is 11.3 Å². The molecule has 5 nitrogen and oxygen atoms in total. The molecule has 0 aliphatic rings. The Hall–Kier alpha value is -1.73. The number of carbonyl (C=O) groups is 1. The standard InChI is InChI=1S/C15H18N2O3S2/c1-10(2)12-6-4-5-7-13(12)17-14(18)11(3)22(19,20)15-16-8-9-21-15/h4-11H,1-3H3,(H,17,18)/t11-/m0/s1. The number of hydrogen-bond donors (Lipinski definition) is 1. The number of benzene rings is 1. The summed E-state index contributed by atoms with van der Waals surface area (Å²) in [7, 11) is -3.75. The van der Waals surface area contributed by atoms with Crippen molar-refractivity contribution in [3.05, 3.63) is 41.4 Å². The highest BCUT2D eigenvalue weighted by Gasteiger charge is 2.32. The summed E-state index contributed by atoms with van der Waals surface area (Å²) < 4.78 is 24.6. The summed E-state index contributed by atoms with van der Waals surface area (Å²) in [5, 5.41) is 3.10. The Morgan fingerprint density at radius 3 is 2.50 bits per heavy atom. The van der Waals surface area contributed by atoms with Crippen LogP contribution < -0.4 is 5.32 Å². The van der Waals surface area contributed by atoms with Crippen LogP contribution in [0.15, 0.2) is 40.2 Å². The zero-order valence-electron chi connectivity index (χ0n) is 12.6. The van der Waals surface area contributed by atoms with E-state index in [2.05, 4.69) is 10.3 Å². The predicted octanol–water partition coefficient (Wildman–Crippen LogP) is 3.07. The summed E-state index contributed by atoms with van der Waals surface area (Å²) in [4.78, 5) is 16.1. The molecular formula is C15H18N2O3S2. The van der Waals surface area contributed by atoms with Crippen molar-refractivity contribution < 1.29 is 13.2 Å². The van der Waals surface area contributed by atoms with E-state index in [1.807, 2.05) is 32.0 Å². The minimum atomic E-state index is -3.75. The van der Waals surface area contributed by atoms with Gasteiger partial charge in [-0.3, -0.25) is 4.79 Å². The van der Waals surface area contributed by atoms with E-state index in [1.165, 1.54) is 13.1 Å². The monoisotopic (exact) mass is 338 g/mol. The van der Waals surface area contributed by atoms with Gasteiger partial charge in [-0.1, -0.05) is 32.0 Å². The molecule has 0 fully saturated rings. The van der Waals surface area contributed by atoms with Crippen molar-refractivity contribution in [2.75, 3.05) is 5.32 Å². The molecule has 0 aliphatic heterocycles. The zero-order chi connectivity index (χ0) is 16.3. The van der Waals surface area contributed by atoms with Crippen LogP contribution in [-0.4, -0.2) is 24.6 Å². The lowest BCUT2D eigenvalue weighted by atomic mass is 10.0. The lowest BCUT2D eigenvalue weighted by Gasteiger charge is -2.16. The van der Waals surface area contributed by atoms with E-state index < -0.39 is 21.0 Å². The van der Waals surface area contributed by atoms with Crippen molar-refractivity contribution >= 4 is 32.8 Å². The van der Waals surface area contributed by atoms with Gasteiger partial charge in [-0.15, -0.1) is 11.3 Å². The van der Waals surface area contributed by atoms with E-state index in [-0.39, 0.29) is 10.3 Å². The average Bonchev–Trinajstić information content (AvgIpc) is 3.01. The van der Waals surface area contributed by atoms with Gasteiger partial charge >= 0.3 is 0 Å². The van der Waals surface area contributed by atoms with Gasteiger partial charge in [0.15, 0.2) is 0 Å². The van der Waals surface area contributed by atoms with E-state index in [0.717, 1.165) is 16.9 Å². The highest BCUT2D eigenvalue weighted by Crippen LogP contribution is 2.25. The first-order valence-electron chi connectivity index (χ1n) is 6.87. The van der Waals surface area contributed by atoms with Gasteiger partial charge in [-0.05, 0) is 24.5 Å². The second kappa shape index (κ2) is 6.58. The molecule has 0 aliphatic carbocycles. The largest absolute Gasteiger partial charge is 0.325 e. The Kier molecular flexibility index (Phi) is 4.97. The van der Waals surface area contributed by atoms with Crippen molar-refractivity contribution in [2.45, 2.75) is 36.3 Å². The van der Waals surface area contributed by atoms with Gasteiger partial charge in [0.25, 0.3) is 0 Å². The zero-order valence-corrected chi connectivity index (χ0v) is 14.2. The summed E-state index contributed by atoms with van der Waals surface area (Å²) in [5.41, 5.74) is 1.61. The first-order valence-corrected chi connectivity index (χ1v) is 9.29. The quantitative estimate of drug-likeness (QED) is 0.909. The maximum Gasteiger partial charge on any atom is 0.242 e. The molecule has 0 saturated carbocycles. The molecule has 0 bridgehead atoms. The highest BCUT2D eigenvalue weighted by atomic mass is 32.2. The number of thiazole rings is 1. The molecule has 1 heterocycles. The van der Waals surface area contributed by atoms with Crippen molar-refractivity contribution in [1.29, 1.82) is 0 Å². The van der Waals surface area contributed by atoms with Crippen LogP contribution in [0.1, 0.15) is 32.3 Å². The third-order valence-corrected chi connectivity index (χ3v) is 6.62. The fraction of sp³-hybridized carbons (Fsp3) is 0.333. The molecule has 0 unspecified atom stereocenters. The molecule has 2 aromatic rings. The van der Waals surface area contributed by atoms with Crippen LogP contribution in [0, 0.1) is 0 Å². The third kappa shape index (κ3) is 3.36. The summed E-state index contributed by atoms with van der Waals surface area (Å²) in [6, 6.07) is 7.39. The minimum Gasteiger partial charge on any atom is -0.325 e. The molecule has 2 rings (SSSR count). The van der Waals surface area contributed by atoms with E-state index >= 15 is 0 Å². The molecule has 22 heavy (non-hydrogen) atoms. The molecule has 1 atom stereocenters. The van der Waals surface area contributed by atoms with E-state index in [4.69, 9.17) is 0 Å². The maximum absolute atomic E-state index is 12.3. The molecule has 7 heteroatoms. The number of amides is 1. The Morgan fingerprint density at radius 1 is 1.23 bits per heavy atom. The minimum absolute atomic E-state index is 0.0349. The first-order chi connectivity index (χ1) is 10.3. The van der Waals surface area contributed by atoms with Crippen molar-refractivity contribution in [3.63, 3.8) is 0 Å². The van der Waals surface area contributed by atoms with Crippen LogP contribution in [0.25, 0.3) is 0 Å². The summed E-state index contributed by atoms with van der Waals surface area (Å²) in [6.07, 6.45) is 1.41. The summed E-state index contributed by atoms with van der Waals surface area (Å²) in [5.74, 6) is -0.328. The second-order valence-electron chi connectivity index (χ2n) is 5.22. The molecule has 1 amide bonds.